The highest BCUT2D eigenvalue weighted by atomic mass is 32.2. The third-order valence-corrected chi connectivity index (χ3v) is 3.85. The molecule has 1 N–H and O–H groups in total. The lowest BCUT2D eigenvalue weighted by Gasteiger charge is -2.21. The molecule has 16 heavy (non-hydrogen) atoms. The summed E-state index contributed by atoms with van der Waals surface area (Å²) < 4.78 is 2.29. The van der Waals surface area contributed by atoms with E-state index in [1.54, 1.807) is 0 Å². The van der Waals surface area contributed by atoms with Crippen LogP contribution in [0, 0.1) is 0 Å². The smallest absolute Gasteiger partial charge is 0.0762 e. The van der Waals surface area contributed by atoms with E-state index in [1.165, 1.54) is 0 Å². The minimum absolute atomic E-state index is 0.292. The number of rotatable bonds is 6. The Morgan fingerprint density at radius 2 is 2.19 bits per heavy atom. The van der Waals surface area contributed by atoms with Crippen LogP contribution in [0.5, 0.6) is 0 Å². The van der Waals surface area contributed by atoms with Crippen LogP contribution in [0.3, 0.4) is 0 Å². The summed E-state index contributed by atoms with van der Waals surface area (Å²) in [6.07, 6.45) is 4.19. The first kappa shape index (κ1) is 13.6. The normalized spacial score (nSPS) is 12.4. The van der Waals surface area contributed by atoms with Gasteiger partial charge in [0.2, 0.25) is 0 Å². The van der Waals surface area contributed by atoms with E-state index in [0.717, 1.165) is 18.8 Å². The topological polar surface area (TPSA) is 29.9 Å². The van der Waals surface area contributed by atoms with Gasteiger partial charge in [0.1, 0.15) is 0 Å². The fraction of sp³-hybridized carbons (Fsp3) is 0.750. The lowest BCUT2D eigenvalue weighted by molar-refractivity contribution is 0.517. The molecule has 0 atom stereocenters. The van der Waals surface area contributed by atoms with Gasteiger partial charge in [-0.1, -0.05) is 0 Å². The lowest BCUT2D eigenvalue weighted by Crippen LogP contribution is -2.31. The molecule has 1 aromatic rings. The van der Waals surface area contributed by atoms with Gasteiger partial charge in [-0.25, -0.2) is 0 Å². The van der Waals surface area contributed by atoms with Crippen LogP contribution in [0.1, 0.15) is 39.4 Å². The van der Waals surface area contributed by atoms with Crippen LogP contribution < -0.4 is 5.32 Å². The van der Waals surface area contributed by atoms with E-state index in [0.29, 0.717) is 10.8 Å². The summed E-state index contributed by atoms with van der Waals surface area (Å²) in [6, 6.07) is 2.52. The molecule has 0 radical (unpaired) electrons. The highest BCUT2D eigenvalue weighted by Gasteiger charge is 2.14. The van der Waals surface area contributed by atoms with Crippen molar-refractivity contribution in [1.29, 1.82) is 0 Å². The van der Waals surface area contributed by atoms with Crippen molar-refractivity contribution < 1.29 is 0 Å². The molecule has 1 heterocycles. The van der Waals surface area contributed by atoms with Gasteiger partial charge < -0.3 is 5.32 Å². The second-order valence-corrected chi connectivity index (χ2v) is 6.46. The molecule has 0 amide bonds. The van der Waals surface area contributed by atoms with Gasteiger partial charge in [-0.05, 0) is 40.0 Å². The van der Waals surface area contributed by atoms with Crippen LogP contribution in [0.4, 0.5) is 0 Å². The van der Waals surface area contributed by atoms with E-state index in [1.807, 2.05) is 22.6 Å². The molecule has 1 aromatic heterocycles. The van der Waals surface area contributed by atoms with E-state index in [-0.39, 0.29) is 0 Å². The SMILES string of the molecule is CSC(C)(C)CNCc1ccn(C(C)C)n1. The molecule has 0 aliphatic heterocycles. The molecule has 0 unspecified atom stereocenters. The minimum atomic E-state index is 0.292. The molecule has 0 bridgehead atoms. The molecule has 0 fully saturated rings. The van der Waals surface area contributed by atoms with Gasteiger partial charge in [0, 0.05) is 30.1 Å². The van der Waals surface area contributed by atoms with E-state index >= 15 is 0 Å². The largest absolute Gasteiger partial charge is 0.310 e. The summed E-state index contributed by atoms with van der Waals surface area (Å²) in [5.74, 6) is 0. The summed E-state index contributed by atoms with van der Waals surface area (Å²) in [5, 5.41) is 7.95. The fourth-order valence-electron chi connectivity index (χ4n) is 1.32. The summed E-state index contributed by atoms with van der Waals surface area (Å²) >= 11 is 1.88. The molecule has 1 rings (SSSR count). The van der Waals surface area contributed by atoms with Crippen LogP contribution in [0.25, 0.3) is 0 Å². The monoisotopic (exact) mass is 241 g/mol. The first-order chi connectivity index (χ1) is 7.44. The van der Waals surface area contributed by atoms with Crippen molar-refractivity contribution in [3.8, 4) is 0 Å². The van der Waals surface area contributed by atoms with Crippen LogP contribution >= 0.6 is 11.8 Å². The number of hydrogen-bond acceptors (Lipinski definition) is 3. The summed E-state index contributed by atoms with van der Waals surface area (Å²) in [4.78, 5) is 0. The van der Waals surface area contributed by atoms with Gasteiger partial charge in [-0.3, -0.25) is 4.68 Å². The standard InChI is InChI=1S/C12H23N3S/c1-10(2)15-7-6-11(14-15)8-13-9-12(3,4)16-5/h6-7,10,13H,8-9H2,1-5H3. The maximum absolute atomic E-state index is 4.50. The molecule has 0 aliphatic carbocycles. The van der Waals surface area contributed by atoms with E-state index in [2.05, 4.69) is 50.4 Å². The highest BCUT2D eigenvalue weighted by Crippen LogP contribution is 2.19. The second kappa shape index (κ2) is 5.73. The zero-order valence-electron chi connectivity index (χ0n) is 10.9. The number of thioether (sulfide) groups is 1. The molecule has 4 heteroatoms. The quantitative estimate of drug-likeness (QED) is 0.830. The Balaban J connectivity index is 2.37. The average Bonchev–Trinajstić information content (AvgIpc) is 2.66. The summed E-state index contributed by atoms with van der Waals surface area (Å²) in [5.41, 5.74) is 1.12. The molecule has 0 saturated heterocycles. The van der Waals surface area contributed by atoms with Gasteiger partial charge in [-0.2, -0.15) is 16.9 Å². The first-order valence-corrected chi connectivity index (χ1v) is 6.97. The highest BCUT2D eigenvalue weighted by molar-refractivity contribution is 7.99. The van der Waals surface area contributed by atoms with Gasteiger partial charge in [0.05, 0.1) is 5.69 Å². The van der Waals surface area contributed by atoms with Crippen molar-refractivity contribution in [2.45, 2.75) is 45.0 Å². The third-order valence-electron chi connectivity index (χ3n) is 2.60. The van der Waals surface area contributed by atoms with E-state index in [9.17, 15) is 0 Å². The Morgan fingerprint density at radius 3 is 2.69 bits per heavy atom. The van der Waals surface area contributed by atoms with Gasteiger partial charge in [-0.15, -0.1) is 0 Å². The predicted octanol–water partition coefficient (Wildman–Crippen LogP) is 2.70. The van der Waals surface area contributed by atoms with Crippen molar-refractivity contribution in [1.82, 2.24) is 15.1 Å². The van der Waals surface area contributed by atoms with Crippen molar-refractivity contribution >= 4 is 11.8 Å². The maximum Gasteiger partial charge on any atom is 0.0762 e. The molecule has 0 spiro atoms. The Bertz CT molecular complexity index is 318. The van der Waals surface area contributed by atoms with Crippen LogP contribution in [0.2, 0.25) is 0 Å². The van der Waals surface area contributed by atoms with Crippen molar-refractivity contribution in [3.63, 3.8) is 0 Å². The number of hydrogen-bond donors (Lipinski definition) is 1. The van der Waals surface area contributed by atoms with Gasteiger partial charge in [0.15, 0.2) is 0 Å². The number of aromatic nitrogens is 2. The first-order valence-electron chi connectivity index (χ1n) is 5.74. The number of nitrogens with one attached hydrogen (secondary N) is 1. The van der Waals surface area contributed by atoms with Crippen LogP contribution in [-0.4, -0.2) is 27.3 Å². The summed E-state index contributed by atoms with van der Waals surface area (Å²) in [7, 11) is 0. The molecule has 0 saturated carbocycles. The Labute approximate surface area is 103 Å². The fourth-order valence-corrected chi connectivity index (χ4v) is 1.57. The molecular weight excluding hydrogens is 218 g/mol. The van der Waals surface area contributed by atoms with Gasteiger partial charge in [0.25, 0.3) is 0 Å². The molecule has 92 valence electrons. The molecule has 3 nitrogen and oxygen atoms in total. The van der Waals surface area contributed by atoms with Gasteiger partial charge >= 0.3 is 0 Å². The zero-order valence-corrected chi connectivity index (χ0v) is 11.8. The lowest BCUT2D eigenvalue weighted by atomic mass is 10.2. The zero-order chi connectivity index (χ0) is 12.2. The van der Waals surface area contributed by atoms with Crippen molar-refractivity contribution in [2.75, 3.05) is 12.8 Å². The molecule has 0 aromatic carbocycles. The Morgan fingerprint density at radius 1 is 1.50 bits per heavy atom. The van der Waals surface area contributed by atoms with Crippen molar-refractivity contribution in [2.24, 2.45) is 0 Å². The van der Waals surface area contributed by atoms with Crippen LogP contribution in [0.15, 0.2) is 12.3 Å². The Hall–Kier alpha value is -0.480. The predicted molar refractivity (Wildman–Crippen MR) is 71.9 cm³/mol. The number of nitrogens with zero attached hydrogens (tertiary/aromatic N) is 2. The third kappa shape index (κ3) is 4.18. The Kier molecular flexibility index (Phi) is 4.87. The van der Waals surface area contributed by atoms with E-state index in [4.69, 9.17) is 0 Å². The average molecular weight is 241 g/mol. The maximum atomic E-state index is 4.50. The second-order valence-electron chi connectivity index (χ2n) is 4.95. The van der Waals surface area contributed by atoms with Crippen molar-refractivity contribution in [3.05, 3.63) is 18.0 Å². The molecular formula is C12H23N3S. The summed E-state index contributed by atoms with van der Waals surface area (Å²) in [6.45, 7) is 10.6. The molecule has 0 aliphatic rings. The van der Waals surface area contributed by atoms with Crippen LogP contribution in [-0.2, 0) is 6.54 Å². The van der Waals surface area contributed by atoms with E-state index < -0.39 is 0 Å². The minimum Gasteiger partial charge on any atom is -0.310 e.